The van der Waals surface area contributed by atoms with Crippen LogP contribution in [0.1, 0.15) is 25.8 Å². The molecule has 0 radical (unpaired) electrons. The van der Waals surface area contributed by atoms with Crippen LogP contribution in [0.4, 0.5) is 11.4 Å². The number of amides is 1. The highest BCUT2D eigenvalue weighted by atomic mass is 16.5. The fraction of sp³-hybridized carbons (Fsp3) is 0.562. The minimum absolute atomic E-state index is 0.00627. The highest BCUT2D eigenvalue weighted by Crippen LogP contribution is 2.20. The Hall–Kier alpha value is -1.59. The van der Waals surface area contributed by atoms with Crippen molar-refractivity contribution in [3.8, 4) is 0 Å². The van der Waals surface area contributed by atoms with E-state index in [1.165, 1.54) is 0 Å². The van der Waals surface area contributed by atoms with Gasteiger partial charge in [-0.05, 0) is 38.1 Å². The van der Waals surface area contributed by atoms with E-state index in [4.69, 9.17) is 10.5 Å². The number of methoxy groups -OCH3 is 1. The lowest BCUT2D eigenvalue weighted by Crippen LogP contribution is -2.38. The third-order valence-electron chi connectivity index (χ3n) is 3.71. The van der Waals surface area contributed by atoms with Crippen molar-refractivity contribution in [2.75, 3.05) is 37.9 Å². The van der Waals surface area contributed by atoms with Gasteiger partial charge in [-0.3, -0.25) is 9.69 Å². The first-order valence-corrected chi connectivity index (χ1v) is 7.37. The number of hydrogen-bond donors (Lipinski definition) is 2. The summed E-state index contributed by atoms with van der Waals surface area (Å²) < 4.78 is 5.16. The van der Waals surface area contributed by atoms with Crippen LogP contribution in [0.3, 0.4) is 0 Å². The van der Waals surface area contributed by atoms with Gasteiger partial charge in [-0.25, -0.2) is 0 Å². The molecule has 0 bridgehead atoms. The Kier molecular flexibility index (Phi) is 7.19. The van der Waals surface area contributed by atoms with Crippen molar-refractivity contribution in [3.05, 3.63) is 23.8 Å². The first-order chi connectivity index (χ1) is 9.99. The van der Waals surface area contributed by atoms with Gasteiger partial charge < -0.3 is 15.8 Å². The third kappa shape index (κ3) is 5.36. The van der Waals surface area contributed by atoms with Gasteiger partial charge in [0.25, 0.3) is 0 Å². The molecule has 0 spiro atoms. The summed E-state index contributed by atoms with van der Waals surface area (Å²) in [5.74, 6) is 0.00627. The summed E-state index contributed by atoms with van der Waals surface area (Å²) in [4.78, 5) is 14.3. The largest absolute Gasteiger partial charge is 0.398 e. The van der Waals surface area contributed by atoms with E-state index in [2.05, 4.69) is 24.1 Å². The lowest BCUT2D eigenvalue weighted by molar-refractivity contribution is -0.116. The molecule has 1 atom stereocenters. The number of likely N-dealkylation sites (N-methyl/N-ethyl adjacent to an activating group) is 1. The SMILES string of the molecule is CCN(CCC(=O)Nc1cccc(N)c1C)C(C)COC. The second-order valence-corrected chi connectivity index (χ2v) is 5.25. The lowest BCUT2D eigenvalue weighted by Gasteiger charge is -2.26. The van der Waals surface area contributed by atoms with Gasteiger partial charge in [-0.1, -0.05) is 13.0 Å². The molecule has 0 aliphatic rings. The van der Waals surface area contributed by atoms with E-state index in [1.54, 1.807) is 7.11 Å². The first-order valence-electron chi connectivity index (χ1n) is 7.37. The molecule has 21 heavy (non-hydrogen) atoms. The van der Waals surface area contributed by atoms with E-state index in [0.717, 1.165) is 17.8 Å². The van der Waals surface area contributed by atoms with Crippen LogP contribution < -0.4 is 11.1 Å². The minimum Gasteiger partial charge on any atom is -0.398 e. The topological polar surface area (TPSA) is 67.6 Å². The molecule has 3 N–H and O–H groups in total. The number of benzene rings is 1. The number of carbonyl (C=O) groups excluding carboxylic acids is 1. The summed E-state index contributed by atoms with van der Waals surface area (Å²) in [6.07, 6.45) is 0.454. The van der Waals surface area contributed by atoms with E-state index in [9.17, 15) is 4.79 Å². The molecule has 1 aromatic carbocycles. The van der Waals surface area contributed by atoms with E-state index in [0.29, 0.717) is 31.3 Å². The molecule has 1 rings (SSSR count). The van der Waals surface area contributed by atoms with Gasteiger partial charge in [0, 0.05) is 37.5 Å². The molecule has 5 nitrogen and oxygen atoms in total. The van der Waals surface area contributed by atoms with Crippen LogP contribution in [0.2, 0.25) is 0 Å². The summed E-state index contributed by atoms with van der Waals surface area (Å²) >= 11 is 0. The molecule has 0 saturated carbocycles. The maximum atomic E-state index is 12.1. The van der Waals surface area contributed by atoms with Gasteiger partial charge in [-0.2, -0.15) is 0 Å². The van der Waals surface area contributed by atoms with Crippen LogP contribution in [-0.4, -0.2) is 43.7 Å². The Balaban J connectivity index is 2.52. The normalized spacial score (nSPS) is 12.4. The highest BCUT2D eigenvalue weighted by Gasteiger charge is 2.14. The second-order valence-electron chi connectivity index (χ2n) is 5.25. The Morgan fingerprint density at radius 1 is 1.48 bits per heavy atom. The number of nitrogens with two attached hydrogens (primary N) is 1. The van der Waals surface area contributed by atoms with Crippen molar-refractivity contribution in [1.82, 2.24) is 4.90 Å². The molecule has 118 valence electrons. The van der Waals surface area contributed by atoms with E-state index < -0.39 is 0 Å². The van der Waals surface area contributed by atoms with Crippen molar-refractivity contribution in [3.63, 3.8) is 0 Å². The Morgan fingerprint density at radius 2 is 2.19 bits per heavy atom. The monoisotopic (exact) mass is 293 g/mol. The zero-order valence-electron chi connectivity index (χ0n) is 13.5. The van der Waals surface area contributed by atoms with Crippen molar-refractivity contribution in [1.29, 1.82) is 0 Å². The van der Waals surface area contributed by atoms with Crippen molar-refractivity contribution in [2.45, 2.75) is 33.2 Å². The summed E-state index contributed by atoms with van der Waals surface area (Å²) in [6, 6.07) is 5.85. The number of ether oxygens (including phenoxy) is 1. The second kappa shape index (κ2) is 8.64. The zero-order chi connectivity index (χ0) is 15.8. The molecular weight excluding hydrogens is 266 g/mol. The fourth-order valence-electron chi connectivity index (χ4n) is 2.28. The number of nitrogens with one attached hydrogen (secondary N) is 1. The number of nitrogen functional groups attached to an aromatic ring is 1. The number of rotatable bonds is 8. The van der Waals surface area contributed by atoms with Crippen molar-refractivity contribution >= 4 is 17.3 Å². The Labute approximate surface area is 127 Å². The maximum absolute atomic E-state index is 12.1. The fourth-order valence-corrected chi connectivity index (χ4v) is 2.28. The highest BCUT2D eigenvalue weighted by molar-refractivity contribution is 5.92. The Morgan fingerprint density at radius 3 is 2.81 bits per heavy atom. The number of anilines is 2. The van der Waals surface area contributed by atoms with Crippen LogP contribution >= 0.6 is 0 Å². The smallest absolute Gasteiger partial charge is 0.225 e. The van der Waals surface area contributed by atoms with E-state index >= 15 is 0 Å². The van der Waals surface area contributed by atoms with Gasteiger partial charge in [0.2, 0.25) is 5.91 Å². The Bertz CT molecular complexity index is 463. The molecule has 0 aliphatic carbocycles. The predicted molar refractivity (Wildman–Crippen MR) is 87.4 cm³/mol. The standard InChI is InChI=1S/C16H27N3O2/c1-5-19(12(2)11-21-4)10-9-16(20)18-15-8-6-7-14(17)13(15)3/h6-8,12H,5,9-11,17H2,1-4H3,(H,18,20). The van der Waals surface area contributed by atoms with Crippen molar-refractivity contribution < 1.29 is 9.53 Å². The molecule has 0 aromatic heterocycles. The van der Waals surface area contributed by atoms with E-state index in [1.807, 2.05) is 25.1 Å². The van der Waals surface area contributed by atoms with Gasteiger partial charge in [-0.15, -0.1) is 0 Å². The third-order valence-corrected chi connectivity index (χ3v) is 3.71. The summed E-state index contributed by atoms with van der Waals surface area (Å²) in [7, 11) is 1.69. The quantitative estimate of drug-likeness (QED) is 0.722. The maximum Gasteiger partial charge on any atom is 0.225 e. The molecule has 1 unspecified atom stereocenters. The summed E-state index contributed by atoms with van der Waals surface area (Å²) in [6.45, 7) is 8.39. The lowest BCUT2D eigenvalue weighted by atomic mass is 10.1. The van der Waals surface area contributed by atoms with Crippen molar-refractivity contribution in [2.24, 2.45) is 0 Å². The van der Waals surface area contributed by atoms with Crippen LogP contribution in [0.15, 0.2) is 18.2 Å². The molecule has 0 fully saturated rings. The summed E-state index contributed by atoms with van der Waals surface area (Å²) in [5, 5.41) is 2.92. The van der Waals surface area contributed by atoms with Crippen LogP contribution in [0.5, 0.6) is 0 Å². The number of hydrogen-bond acceptors (Lipinski definition) is 4. The molecular formula is C16H27N3O2. The average Bonchev–Trinajstić information content (AvgIpc) is 2.45. The molecule has 0 saturated heterocycles. The molecule has 1 aromatic rings. The summed E-state index contributed by atoms with van der Waals surface area (Å²) in [5.41, 5.74) is 8.22. The molecule has 0 aliphatic heterocycles. The zero-order valence-corrected chi connectivity index (χ0v) is 13.5. The predicted octanol–water partition coefficient (Wildman–Crippen LogP) is 2.26. The molecule has 5 heteroatoms. The van der Waals surface area contributed by atoms with Crippen LogP contribution in [0, 0.1) is 6.92 Å². The minimum atomic E-state index is 0.00627. The number of nitrogens with zero attached hydrogens (tertiary/aromatic N) is 1. The van der Waals surface area contributed by atoms with Crippen LogP contribution in [-0.2, 0) is 9.53 Å². The average molecular weight is 293 g/mol. The van der Waals surface area contributed by atoms with Crippen LogP contribution in [0.25, 0.3) is 0 Å². The molecule has 1 amide bonds. The van der Waals surface area contributed by atoms with Gasteiger partial charge in [0.05, 0.1) is 6.61 Å². The first kappa shape index (κ1) is 17.5. The van der Waals surface area contributed by atoms with Gasteiger partial charge in [0.15, 0.2) is 0 Å². The number of carbonyl (C=O) groups is 1. The van der Waals surface area contributed by atoms with E-state index in [-0.39, 0.29) is 5.91 Å². The van der Waals surface area contributed by atoms with Gasteiger partial charge in [0.1, 0.15) is 0 Å². The molecule has 0 heterocycles. The van der Waals surface area contributed by atoms with Gasteiger partial charge >= 0.3 is 0 Å².